The Morgan fingerprint density at radius 1 is 1.16 bits per heavy atom. The summed E-state index contributed by atoms with van der Waals surface area (Å²) in [6.45, 7) is 0.627. The summed E-state index contributed by atoms with van der Waals surface area (Å²) in [7, 11) is 0. The number of aliphatic hydroxyl groups is 1. The first-order valence-corrected chi connectivity index (χ1v) is 6.19. The fourth-order valence-corrected chi connectivity index (χ4v) is 1.85. The molecule has 0 fully saturated rings. The number of aliphatic hydroxyl groups excluding tert-OH is 1. The fraction of sp³-hybridized carbons (Fsp3) is 0.200. The molecule has 0 aliphatic rings. The summed E-state index contributed by atoms with van der Waals surface area (Å²) in [6, 6.07) is 14.1. The SMILES string of the molecule is Nc1cc(C(O)CCNc2ccccc2)ccc1F. The number of hydrogen-bond acceptors (Lipinski definition) is 3. The van der Waals surface area contributed by atoms with E-state index in [4.69, 9.17) is 5.73 Å². The van der Waals surface area contributed by atoms with Gasteiger partial charge in [-0.1, -0.05) is 24.3 Å². The third kappa shape index (κ3) is 3.69. The van der Waals surface area contributed by atoms with E-state index in [1.807, 2.05) is 30.3 Å². The summed E-state index contributed by atoms with van der Waals surface area (Å²) in [5, 5.41) is 13.2. The molecule has 0 bridgehead atoms. The number of halogens is 1. The summed E-state index contributed by atoms with van der Waals surface area (Å²) in [6.07, 6.45) is -0.126. The van der Waals surface area contributed by atoms with E-state index in [2.05, 4.69) is 5.32 Å². The van der Waals surface area contributed by atoms with Crippen molar-refractivity contribution in [3.05, 3.63) is 59.9 Å². The minimum absolute atomic E-state index is 0.0626. The second-order valence-corrected chi connectivity index (χ2v) is 4.38. The smallest absolute Gasteiger partial charge is 0.146 e. The second-order valence-electron chi connectivity index (χ2n) is 4.38. The van der Waals surface area contributed by atoms with Crippen LogP contribution in [0.15, 0.2) is 48.5 Å². The van der Waals surface area contributed by atoms with Crippen LogP contribution >= 0.6 is 0 Å². The van der Waals surface area contributed by atoms with Gasteiger partial charge in [0.1, 0.15) is 5.82 Å². The van der Waals surface area contributed by atoms with Gasteiger partial charge in [0.25, 0.3) is 0 Å². The molecule has 0 heterocycles. The predicted molar refractivity (Wildman–Crippen MR) is 75.3 cm³/mol. The number of nitrogens with one attached hydrogen (secondary N) is 1. The molecule has 19 heavy (non-hydrogen) atoms. The lowest BCUT2D eigenvalue weighted by atomic mass is 10.1. The van der Waals surface area contributed by atoms with Gasteiger partial charge in [-0.05, 0) is 36.2 Å². The van der Waals surface area contributed by atoms with E-state index in [0.717, 1.165) is 5.69 Å². The van der Waals surface area contributed by atoms with E-state index in [9.17, 15) is 9.50 Å². The Labute approximate surface area is 111 Å². The van der Waals surface area contributed by atoms with Crippen molar-refractivity contribution in [1.82, 2.24) is 0 Å². The van der Waals surface area contributed by atoms with Gasteiger partial charge in [-0.25, -0.2) is 4.39 Å². The highest BCUT2D eigenvalue weighted by molar-refractivity contribution is 5.44. The van der Waals surface area contributed by atoms with Crippen molar-refractivity contribution in [3.8, 4) is 0 Å². The fourth-order valence-electron chi connectivity index (χ4n) is 1.85. The lowest BCUT2D eigenvalue weighted by molar-refractivity contribution is 0.171. The number of nitrogen functional groups attached to an aromatic ring is 1. The molecule has 1 atom stereocenters. The molecule has 0 aromatic heterocycles. The van der Waals surface area contributed by atoms with Crippen molar-refractivity contribution >= 4 is 11.4 Å². The lowest BCUT2D eigenvalue weighted by Crippen LogP contribution is -2.08. The minimum Gasteiger partial charge on any atom is -0.396 e. The van der Waals surface area contributed by atoms with Crippen LogP contribution in [0.25, 0.3) is 0 Å². The molecular formula is C15H17FN2O. The van der Waals surface area contributed by atoms with E-state index in [0.29, 0.717) is 18.5 Å². The van der Waals surface area contributed by atoms with Gasteiger partial charge in [0.2, 0.25) is 0 Å². The van der Waals surface area contributed by atoms with Crippen LogP contribution in [0.2, 0.25) is 0 Å². The van der Waals surface area contributed by atoms with E-state index in [1.54, 1.807) is 6.07 Å². The Bertz CT molecular complexity index is 531. The van der Waals surface area contributed by atoms with Crippen LogP contribution in [0.4, 0.5) is 15.8 Å². The van der Waals surface area contributed by atoms with Gasteiger partial charge in [-0.2, -0.15) is 0 Å². The van der Waals surface area contributed by atoms with Crippen LogP contribution in [0, 0.1) is 5.82 Å². The maximum absolute atomic E-state index is 13.0. The van der Waals surface area contributed by atoms with Crippen LogP contribution in [0.1, 0.15) is 18.1 Å². The zero-order chi connectivity index (χ0) is 13.7. The molecule has 0 spiro atoms. The third-order valence-corrected chi connectivity index (χ3v) is 2.93. The molecule has 0 amide bonds. The van der Waals surface area contributed by atoms with Gasteiger partial charge in [0, 0.05) is 12.2 Å². The van der Waals surface area contributed by atoms with E-state index < -0.39 is 11.9 Å². The molecule has 0 radical (unpaired) electrons. The van der Waals surface area contributed by atoms with Crippen molar-refractivity contribution in [2.24, 2.45) is 0 Å². The highest BCUT2D eigenvalue weighted by Crippen LogP contribution is 2.21. The molecule has 4 heteroatoms. The summed E-state index contributed by atoms with van der Waals surface area (Å²) in [5.41, 5.74) is 7.18. The van der Waals surface area contributed by atoms with Crippen molar-refractivity contribution < 1.29 is 9.50 Å². The Hall–Kier alpha value is -2.07. The van der Waals surface area contributed by atoms with E-state index in [-0.39, 0.29) is 5.69 Å². The van der Waals surface area contributed by atoms with Crippen LogP contribution in [0.3, 0.4) is 0 Å². The summed E-state index contributed by atoms with van der Waals surface area (Å²) >= 11 is 0. The maximum atomic E-state index is 13.0. The zero-order valence-electron chi connectivity index (χ0n) is 10.5. The van der Waals surface area contributed by atoms with E-state index >= 15 is 0 Å². The number of nitrogens with two attached hydrogens (primary N) is 1. The third-order valence-electron chi connectivity index (χ3n) is 2.93. The monoisotopic (exact) mass is 260 g/mol. The van der Waals surface area contributed by atoms with Gasteiger partial charge >= 0.3 is 0 Å². The number of hydrogen-bond donors (Lipinski definition) is 3. The van der Waals surface area contributed by atoms with Gasteiger partial charge in [-0.15, -0.1) is 0 Å². The van der Waals surface area contributed by atoms with Crippen LogP contribution in [-0.4, -0.2) is 11.7 Å². The topological polar surface area (TPSA) is 58.3 Å². The summed E-state index contributed by atoms with van der Waals surface area (Å²) in [5.74, 6) is -0.460. The molecule has 2 rings (SSSR count). The Morgan fingerprint density at radius 2 is 1.89 bits per heavy atom. The normalized spacial score (nSPS) is 12.1. The van der Waals surface area contributed by atoms with E-state index in [1.165, 1.54) is 12.1 Å². The molecule has 0 aliphatic heterocycles. The average Bonchev–Trinajstić information content (AvgIpc) is 2.43. The highest BCUT2D eigenvalue weighted by atomic mass is 19.1. The highest BCUT2D eigenvalue weighted by Gasteiger charge is 2.09. The average molecular weight is 260 g/mol. The number of rotatable bonds is 5. The Kier molecular flexibility index (Phi) is 4.36. The van der Waals surface area contributed by atoms with Gasteiger partial charge < -0.3 is 16.2 Å². The standard InChI is InChI=1S/C15H17FN2O/c16-13-7-6-11(10-14(13)17)15(19)8-9-18-12-4-2-1-3-5-12/h1-7,10,15,18-19H,8-9,17H2. The molecule has 100 valence electrons. The van der Waals surface area contributed by atoms with Gasteiger partial charge in [0.15, 0.2) is 0 Å². The maximum Gasteiger partial charge on any atom is 0.146 e. The minimum atomic E-state index is -0.654. The van der Waals surface area contributed by atoms with Gasteiger partial charge in [-0.3, -0.25) is 0 Å². The first-order chi connectivity index (χ1) is 9.16. The molecule has 1 unspecified atom stereocenters. The zero-order valence-corrected chi connectivity index (χ0v) is 10.5. The predicted octanol–water partition coefficient (Wildman–Crippen LogP) is 2.94. The Balaban J connectivity index is 1.87. The van der Waals surface area contributed by atoms with Crippen LogP contribution in [-0.2, 0) is 0 Å². The summed E-state index contributed by atoms with van der Waals surface area (Å²) < 4.78 is 13.0. The van der Waals surface area contributed by atoms with Crippen LogP contribution in [0.5, 0.6) is 0 Å². The lowest BCUT2D eigenvalue weighted by Gasteiger charge is -2.13. The molecule has 2 aromatic carbocycles. The molecular weight excluding hydrogens is 243 g/mol. The molecule has 2 aromatic rings. The summed E-state index contributed by atoms with van der Waals surface area (Å²) in [4.78, 5) is 0. The number of benzene rings is 2. The number of para-hydroxylation sites is 1. The van der Waals surface area contributed by atoms with Crippen molar-refractivity contribution in [2.45, 2.75) is 12.5 Å². The first kappa shape index (κ1) is 13.4. The second kappa shape index (κ2) is 6.20. The quantitative estimate of drug-likeness (QED) is 0.724. The molecule has 0 saturated heterocycles. The van der Waals surface area contributed by atoms with Crippen molar-refractivity contribution in [1.29, 1.82) is 0 Å². The Morgan fingerprint density at radius 3 is 2.58 bits per heavy atom. The first-order valence-electron chi connectivity index (χ1n) is 6.19. The molecule has 0 aliphatic carbocycles. The van der Waals surface area contributed by atoms with Crippen molar-refractivity contribution in [2.75, 3.05) is 17.6 Å². The molecule has 0 saturated carbocycles. The molecule has 4 N–H and O–H groups in total. The number of anilines is 2. The van der Waals surface area contributed by atoms with Crippen molar-refractivity contribution in [3.63, 3.8) is 0 Å². The van der Waals surface area contributed by atoms with Crippen LogP contribution < -0.4 is 11.1 Å². The largest absolute Gasteiger partial charge is 0.396 e. The molecule has 3 nitrogen and oxygen atoms in total. The van der Waals surface area contributed by atoms with Gasteiger partial charge in [0.05, 0.1) is 11.8 Å².